The Labute approximate surface area is 132 Å². The molecule has 1 saturated heterocycles. The normalized spacial score (nSPS) is 15.4. The molecule has 0 aromatic heterocycles. The van der Waals surface area contributed by atoms with Gasteiger partial charge in [0, 0.05) is 31.6 Å². The standard InChI is InChI=1S/C17H26N2O3/c1-21-11-12-22-14-17(20)18-15-7-6-8-16(13-15)19-9-4-2-3-5-10-19/h6-8,13H,2-5,9-12,14H2,1H3,(H,18,20). The minimum Gasteiger partial charge on any atom is -0.382 e. The lowest BCUT2D eigenvalue weighted by Gasteiger charge is -2.23. The van der Waals surface area contributed by atoms with E-state index in [1.54, 1.807) is 7.11 Å². The number of carbonyl (C=O) groups excluding carboxylic acids is 1. The van der Waals surface area contributed by atoms with Crippen LogP contribution >= 0.6 is 0 Å². The van der Waals surface area contributed by atoms with E-state index in [0.29, 0.717) is 13.2 Å². The number of methoxy groups -OCH3 is 1. The molecule has 0 saturated carbocycles. The van der Waals surface area contributed by atoms with Gasteiger partial charge in [-0.3, -0.25) is 4.79 Å². The van der Waals surface area contributed by atoms with Crippen molar-refractivity contribution in [3.63, 3.8) is 0 Å². The average molecular weight is 306 g/mol. The Kier molecular flexibility index (Phi) is 7.19. The molecule has 0 aliphatic carbocycles. The Bertz CT molecular complexity index is 457. The summed E-state index contributed by atoms with van der Waals surface area (Å²) in [6.07, 6.45) is 5.10. The summed E-state index contributed by atoms with van der Waals surface area (Å²) < 4.78 is 10.1. The molecule has 5 nitrogen and oxygen atoms in total. The molecule has 22 heavy (non-hydrogen) atoms. The van der Waals surface area contributed by atoms with Crippen LogP contribution in [-0.2, 0) is 14.3 Å². The van der Waals surface area contributed by atoms with Gasteiger partial charge in [0.05, 0.1) is 13.2 Å². The second-order valence-corrected chi connectivity index (χ2v) is 5.55. The van der Waals surface area contributed by atoms with Crippen molar-refractivity contribution < 1.29 is 14.3 Å². The monoisotopic (exact) mass is 306 g/mol. The molecule has 0 unspecified atom stereocenters. The van der Waals surface area contributed by atoms with Crippen LogP contribution in [-0.4, -0.2) is 45.9 Å². The summed E-state index contributed by atoms with van der Waals surface area (Å²) >= 11 is 0. The maximum absolute atomic E-state index is 11.8. The first kappa shape index (κ1) is 16.8. The van der Waals surface area contributed by atoms with Crippen molar-refractivity contribution in [2.24, 2.45) is 0 Å². The Morgan fingerprint density at radius 2 is 1.95 bits per heavy atom. The number of nitrogens with one attached hydrogen (secondary N) is 1. The zero-order valence-corrected chi connectivity index (χ0v) is 13.3. The van der Waals surface area contributed by atoms with Crippen LogP contribution in [0, 0.1) is 0 Å². The van der Waals surface area contributed by atoms with Crippen LogP contribution in [0.15, 0.2) is 24.3 Å². The van der Waals surface area contributed by atoms with Gasteiger partial charge in [0.15, 0.2) is 0 Å². The number of anilines is 2. The third-order valence-electron chi connectivity index (χ3n) is 3.77. The third-order valence-corrected chi connectivity index (χ3v) is 3.77. The van der Waals surface area contributed by atoms with E-state index in [1.807, 2.05) is 18.2 Å². The molecular formula is C17H26N2O3. The van der Waals surface area contributed by atoms with E-state index < -0.39 is 0 Å². The zero-order valence-electron chi connectivity index (χ0n) is 13.3. The van der Waals surface area contributed by atoms with Gasteiger partial charge in [-0.2, -0.15) is 0 Å². The molecule has 1 amide bonds. The van der Waals surface area contributed by atoms with Crippen LogP contribution in [0.1, 0.15) is 25.7 Å². The Hall–Kier alpha value is -1.59. The molecule has 2 rings (SSSR count). The molecule has 0 spiro atoms. The highest BCUT2D eigenvalue weighted by Crippen LogP contribution is 2.22. The number of ether oxygens (including phenoxy) is 2. The van der Waals surface area contributed by atoms with Crippen LogP contribution in [0.4, 0.5) is 11.4 Å². The van der Waals surface area contributed by atoms with Crippen LogP contribution in [0.3, 0.4) is 0 Å². The molecule has 1 N–H and O–H groups in total. The lowest BCUT2D eigenvalue weighted by molar-refractivity contribution is -0.121. The smallest absolute Gasteiger partial charge is 0.250 e. The summed E-state index contributed by atoms with van der Waals surface area (Å²) in [4.78, 5) is 14.2. The van der Waals surface area contributed by atoms with Crippen molar-refractivity contribution in [2.75, 3.05) is 50.2 Å². The molecule has 0 bridgehead atoms. The van der Waals surface area contributed by atoms with E-state index in [1.165, 1.54) is 31.4 Å². The van der Waals surface area contributed by atoms with Crippen LogP contribution in [0.25, 0.3) is 0 Å². The Balaban J connectivity index is 1.86. The fourth-order valence-electron chi connectivity index (χ4n) is 2.61. The zero-order chi connectivity index (χ0) is 15.6. The maximum Gasteiger partial charge on any atom is 0.250 e. The van der Waals surface area contributed by atoms with Crippen LogP contribution < -0.4 is 10.2 Å². The number of nitrogens with zero attached hydrogens (tertiary/aromatic N) is 1. The highest BCUT2D eigenvalue weighted by molar-refractivity contribution is 5.92. The molecule has 1 fully saturated rings. The van der Waals surface area contributed by atoms with Crippen molar-refractivity contribution in [3.05, 3.63) is 24.3 Å². The molecular weight excluding hydrogens is 280 g/mol. The van der Waals surface area contributed by atoms with Gasteiger partial charge in [-0.15, -0.1) is 0 Å². The first-order valence-corrected chi connectivity index (χ1v) is 8.01. The maximum atomic E-state index is 11.8. The predicted octanol–water partition coefficient (Wildman–Crippen LogP) is 2.67. The number of hydrogen-bond acceptors (Lipinski definition) is 4. The van der Waals surface area contributed by atoms with Crippen molar-refractivity contribution in [1.29, 1.82) is 0 Å². The molecule has 1 aromatic rings. The van der Waals surface area contributed by atoms with Crippen LogP contribution in [0.5, 0.6) is 0 Å². The summed E-state index contributed by atoms with van der Waals surface area (Å²) in [5.74, 6) is -0.135. The average Bonchev–Trinajstić information content (AvgIpc) is 2.81. The van der Waals surface area contributed by atoms with E-state index in [9.17, 15) is 4.79 Å². The summed E-state index contributed by atoms with van der Waals surface area (Å²) in [6, 6.07) is 8.05. The molecule has 1 aliphatic rings. The topological polar surface area (TPSA) is 50.8 Å². The van der Waals surface area contributed by atoms with E-state index >= 15 is 0 Å². The lowest BCUT2D eigenvalue weighted by atomic mass is 10.2. The van der Waals surface area contributed by atoms with Gasteiger partial charge >= 0.3 is 0 Å². The first-order chi connectivity index (χ1) is 10.8. The summed E-state index contributed by atoms with van der Waals surface area (Å²) in [5, 5.41) is 2.88. The number of benzene rings is 1. The molecule has 122 valence electrons. The van der Waals surface area contributed by atoms with Gasteiger partial charge in [-0.25, -0.2) is 0 Å². The van der Waals surface area contributed by atoms with Gasteiger partial charge in [-0.05, 0) is 31.0 Å². The fourth-order valence-corrected chi connectivity index (χ4v) is 2.61. The van der Waals surface area contributed by atoms with E-state index in [4.69, 9.17) is 9.47 Å². The largest absolute Gasteiger partial charge is 0.382 e. The quantitative estimate of drug-likeness (QED) is 0.787. The minimum atomic E-state index is -0.135. The summed E-state index contributed by atoms with van der Waals surface area (Å²) in [6.45, 7) is 3.17. The lowest BCUT2D eigenvalue weighted by Crippen LogP contribution is -2.24. The van der Waals surface area contributed by atoms with Gasteiger partial charge in [0.25, 0.3) is 0 Å². The van der Waals surface area contributed by atoms with Crippen molar-refractivity contribution >= 4 is 17.3 Å². The van der Waals surface area contributed by atoms with Crippen LogP contribution in [0.2, 0.25) is 0 Å². The van der Waals surface area contributed by atoms with Gasteiger partial charge < -0.3 is 19.7 Å². The van der Waals surface area contributed by atoms with Gasteiger partial charge in [0.2, 0.25) is 5.91 Å². The van der Waals surface area contributed by atoms with E-state index in [0.717, 1.165) is 18.8 Å². The second kappa shape index (κ2) is 9.43. The van der Waals surface area contributed by atoms with Crippen molar-refractivity contribution in [1.82, 2.24) is 0 Å². The van der Waals surface area contributed by atoms with E-state index in [2.05, 4.69) is 16.3 Å². The van der Waals surface area contributed by atoms with E-state index in [-0.39, 0.29) is 12.5 Å². The molecule has 1 aliphatic heterocycles. The third kappa shape index (κ3) is 5.66. The Morgan fingerprint density at radius 1 is 1.18 bits per heavy atom. The molecule has 5 heteroatoms. The molecule has 0 radical (unpaired) electrons. The number of hydrogen-bond donors (Lipinski definition) is 1. The highest BCUT2D eigenvalue weighted by Gasteiger charge is 2.11. The first-order valence-electron chi connectivity index (χ1n) is 8.01. The number of rotatable bonds is 7. The Morgan fingerprint density at radius 3 is 2.68 bits per heavy atom. The van der Waals surface area contributed by atoms with Crippen molar-refractivity contribution in [2.45, 2.75) is 25.7 Å². The SMILES string of the molecule is COCCOCC(=O)Nc1cccc(N2CCCCCC2)c1. The summed E-state index contributed by atoms with van der Waals surface area (Å²) in [7, 11) is 1.61. The molecule has 0 atom stereocenters. The van der Waals surface area contributed by atoms with Gasteiger partial charge in [0.1, 0.15) is 6.61 Å². The van der Waals surface area contributed by atoms with Gasteiger partial charge in [-0.1, -0.05) is 18.9 Å². The molecule has 1 heterocycles. The number of amides is 1. The summed E-state index contributed by atoms with van der Waals surface area (Å²) in [5.41, 5.74) is 2.00. The number of carbonyl (C=O) groups is 1. The second-order valence-electron chi connectivity index (χ2n) is 5.55. The molecule has 1 aromatic carbocycles. The predicted molar refractivity (Wildman–Crippen MR) is 88.4 cm³/mol. The minimum absolute atomic E-state index is 0.0529. The van der Waals surface area contributed by atoms with Crippen molar-refractivity contribution in [3.8, 4) is 0 Å². The fraction of sp³-hybridized carbons (Fsp3) is 0.588. The highest BCUT2D eigenvalue weighted by atomic mass is 16.5.